The lowest BCUT2D eigenvalue weighted by Gasteiger charge is -2.47. The van der Waals surface area contributed by atoms with Crippen molar-refractivity contribution < 1.29 is 9.53 Å². The number of allylic oxidation sites excluding steroid dienone is 2. The first-order valence-electron chi connectivity index (χ1n) is 13.9. The molecular formula is C32H39N7O2. The molecule has 4 N–H and O–H groups in total. The molecule has 1 amide bonds. The van der Waals surface area contributed by atoms with Crippen molar-refractivity contribution in [1.29, 1.82) is 0 Å². The van der Waals surface area contributed by atoms with Crippen LogP contribution in [0.2, 0.25) is 0 Å². The van der Waals surface area contributed by atoms with E-state index >= 15 is 0 Å². The summed E-state index contributed by atoms with van der Waals surface area (Å²) in [6.07, 6.45) is 7.19. The standard InChI is InChI=1S/C32H39N7O2/c1-23(24-8-5-11-28(18-24)36-31(40)25-9-6-12-29(19-25)37(2)3)41-30-20-27(26-10-7-13-34-21-26)22-35-32(30,33)39-16-14-38(4)15-17-39/h5-13,18-23,35H,14-17,33H2,1-4H3,(H,36,40)/t23-,32?/m1/s1. The molecule has 2 aliphatic rings. The van der Waals surface area contributed by atoms with Crippen LogP contribution in [0, 0.1) is 0 Å². The normalized spacial score (nSPS) is 20.3. The molecule has 0 bridgehead atoms. The Morgan fingerprint density at radius 3 is 2.61 bits per heavy atom. The Labute approximate surface area is 242 Å². The average Bonchev–Trinajstić information content (AvgIpc) is 2.99. The molecule has 1 aromatic heterocycles. The lowest BCUT2D eigenvalue weighted by Crippen LogP contribution is -2.69. The van der Waals surface area contributed by atoms with Gasteiger partial charge in [0.15, 0.2) is 5.76 Å². The zero-order valence-corrected chi connectivity index (χ0v) is 24.2. The van der Waals surface area contributed by atoms with Crippen LogP contribution < -0.4 is 21.3 Å². The van der Waals surface area contributed by atoms with Crippen molar-refractivity contribution >= 4 is 22.9 Å². The number of anilines is 2. The third-order valence-corrected chi connectivity index (χ3v) is 7.65. The van der Waals surface area contributed by atoms with Gasteiger partial charge in [-0.3, -0.25) is 20.4 Å². The summed E-state index contributed by atoms with van der Waals surface area (Å²) in [6.45, 7) is 5.45. The van der Waals surface area contributed by atoms with Crippen LogP contribution in [0.4, 0.5) is 11.4 Å². The van der Waals surface area contributed by atoms with Crippen LogP contribution in [0.1, 0.15) is 34.5 Å². The molecule has 9 nitrogen and oxygen atoms in total. The molecule has 0 spiro atoms. The number of rotatable bonds is 8. The van der Waals surface area contributed by atoms with Gasteiger partial charge < -0.3 is 25.2 Å². The van der Waals surface area contributed by atoms with Crippen molar-refractivity contribution in [3.63, 3.8) is 0 Å². The third-order valence-electron chi connectivity index (χ3n) is 7.65. The Bertz CT molecular complexity index is 1430. The molecule has 3 aromatic rings. The summed E-state index contributed by atoms with van der Waals surface area (Å²) in [7, 11) is 6.03. The van der Waals surface area contributed by atoms with Crippen molar-refractivity contribution in [2.45, 2.75) is 18.8 Å². The minimum absolute atomic E-state index is 0.166. The second-order valence-corrected chi connectivity index (χ2v) is 10.8. The first kappa shape index (κ1) is 28.4. The fraction of sp³-hybridized carbons (Fsp3) is 0.312. The van der Waals surface area contributed by atoms with E-state index in [0.29, 0.717) is 17.0 Å². The molecule has 0 aliphatic carbocycles. The largest absolute Gasteiger partial charge is 0.485 e. The summed E-state index contributed by atoms with van der Waals surface area (Å²) >= 11 is 0. The summed E-state index contributed by atoms with van der Waals surface area (Å²) in [5.74, 6) is -0.531. The maximum atomic E-state index is 13.0. The number of benzene rings is 2. The second kappa shape index (κ2) is 12.1. The van der Waals surface area contributed by atoms with Gasteiger partial charge in [0.1, 0.15) is 6.10 Å². The number of aromatic nitrogens is 1. The summed E-state index contributed by atoms with van der Waals surface area (Å²) in [5.41, 5.74) is 12.2. The van der Waals surface area contributed by atoms with Crippen molar-refractivity contribution in [2.75, 3.05) is 57.5 Å². The van der Waals surface area contributed by atoms with E-state index in [1.54, 1.807) is 6.20 Å². The monoisotopic (exact) mass is 553 g/mol. The zero-order valence-electron chi connectivity index (χ0n) is 24.2. The number of nitrogens with zero attached hydrogens (tertiary/aromatic N) is 4. The van der Waals surface area contributed by atoms with Gasteiger partial charge in [0.05, 0.1) is 0 Å². The van der Waals surface area contributed by atoms with Crippen LogP contribution in [-0.4, -0.2) is 73.8 Å². The smallest absolute Gasteiger partial charge is 0.255 e. The summed E-state index contributed by atoms with van der Waals surface area (Å²) in [4.78, 5) is 23.8. The van der Waals surface area contributed by atoms with E-state index in [2.05, 4.69) is 32.5 Å². The van der Waals surface area contributed by atoms with Gasteiger partial charge >= 0.3 is 0 Å². The predicted octanol–water partition coefficient (Wildman–Crippen LogP) is 3.87. The Hall–Kier alpha value is -4.18. The lowest BCUT2D eigenvalue weighted by molar-refractivity contribution is -0.00996. The SMILES string of the molecule is C[C@@H](OC1=CC(c2cccnc2)=CNC1(N)N1CCN(C)CC1)c1cccc(NC(=O)c2cccc(N(C)C)c2)c1. The highest BCUT2D eigenvalue weighted by atomic mass is 16.5. The number of carbonyl (C=O) groups excluding carboxylic acids is 1. The fourth-order valence-electron chi connectivity index (χ4n) is 5.04. The van der Waals surface area contributed by atoms with Gasteiger partial charge in [-0.2, -0.15) is 0 Å². The maximum absolute atomic E-state index is 13.0. The first-order chi connectivity index (χ1) is 19.7. The molecule has 0 radical (unpaired) electrons. The molecule has 0 saturated carbocycles. The predicted molar refractivity (Wildman–Crippen MR) is 164 cm³/mol. The summed E-state index contributed by atoms with van der Waals surface area (Å²) < 4.78 is 6.65. The van der Waals surface area contributed by atoms with Gasteiger partial charge in [0.25, 0.3) is 5.91 Å². The molecule has 2 aliphatic heterocycles. The molecule has 9 heteroatoms. The minimum Gasteiger partial charge on any atom is -0.485 e. The molecule has 2 aromatic carbocycles. The van der Waals surface area contributed by atoms with E-state index in [1.165, 1.54) is 0 Å². The second-order valence-electron chi connectivity index (χ2n) is 10.8. The van der Waals surface area contributed by atoms with Gasteiger partial charge in [-0.15, -0.1) is 0 Å². The van der Waals surface area contributed by atoms with Crippen molar-refractivity contribution in [3.8, 4) is 0 Å². The molecule has 41 heavy (non-hydrogen) atoms. The summed E-state index contributed by atoms with van der Waals surface area (Å²) in [5, 5.41) is 6.48. The van der Waals surface area contributed by atoms with Gasteiger partial charge in [0.2, 0.25) is 5.79 Å². The number of hydrogen-bond acceptors (Lipinski definition) is 8. The number of nitrogens with two attached hydrogens (primary N) is 1. The highest BCUT2D eigenvalue weighted by Crippen LogP contribution is 2.33. The van der Waals surface area contributed by atoms with Crippen LogP contribution >= 0.6 is 0 Å². The third kappa shape index (κ3) is 6.43. The molecule has 1 unspecified atom stereocenters. The number of dihydropyridines is 1. The van der Waals surface area contributed by atoms with E-state index < -0.39 is 5.79 Å². The van der Waals surface area contributed by atoms with E-state index in [9.17, 15) is 4.79 Å². The van der Waals surface area contributed by atoms with Crippen molar-refractivity contribution in [1.82, 2.24) is 20.1 Å². The van der Waals surface area contributed by atoms with Gasteiger partial charge in [-0.25, -0.2) is 0 Å². The van der Waals surface area contributed by atoms with Crippen molar-refractivity contribution in [2.24, 2.45) is 5.73 Å². The lowest BCUT2D eigenvalue weighted by atomic mass is 10.0. The van der Waals surface area contributed by atoms with Gasteiger partial charge in [0, 0.05) is 86.9 Å². The number of piperazine rings is 1. The number of carbonyl (C=O) groups is 1. The number of nitrogens with one attached hydrogen (secondary N) is 2. The zero-order chi connectivity index (χ0) is 29.0. The molecule has 2 atom stereocenters. The van der Waals surface area contributed by atoms with E-state index in [-0.39, 0.29) is 12.0 Å². The Morgan fingerprint density at radius 1 is 1.10 bits per heavy atom. The summed E-state index contributed by atoms with van der Waals surface area (Å²) in [6, 6.07) is 19.2. The van der Waals surface area contributed by atoms with Crippen LogP contribution in [0.3, 0.4) is 0 Å². The molecule has 214 valence electrons. The van der Waals surface area contributed by atoms with Crippen molar-refractivity contribution in [3.05, 3.63) is 108 Å². The Kier molecular flexibility index (Phi) is 8.39. The van der Waals surface area contributed by atoms with Crippen LogP contribution in [0.25, 0.3) is 5.57 Å². The molecule has 3 heterocycles. The fourth-order valence-corrected chi connectivity index (χ4v) is 5.04. The average molecular weight is 554 g/mol. The quantitative estimate of drug-likeness (QED) is 0.387. The van der Waals surface area contributed by atoms with Crippen LogP contribution in [0.5, 0.6) is 0 Å². The maximum Gasteiger partial charge on any atom is 0.255 e. The van der Waals surface area contributed by atoms with Gasteiger partial charge in [-0.1, -0.05) is 24.3 Å². The van der Waals surface area contributed by atoms with E-state index in [4.69, 9.17) is 10.5 Å². The number of pyridine rings is 1. The molecule has 1 saturated heterocycles. The topological polar surface area (TPSA) is 99.0 Å². The van der Waals surface area contributed by atoms with Crippen LogP contribution in [0.15, 0.2) is 91.1 Å². The molecule has 1 fully saturated rings. The van der Waals surface area contributed by atoms with E-state index in [0.717, 1.165) is 48.6 Å². The highest BCUT2D eigenvalue weighted by Gasteiger charge is 2.41. The molecular weight excluding hydrogens is 514 g/mol. The highest BCUT2D eigenvalue weighted by molar-refractivity contribution is 6.04. The number of hydrogen-bond donors (Lipinski definition) is 3. The minimum atomic E-state index is -0.996. The van der Waals surface area contributed by atoms with E-state index in [1.807, 2.05) is 105 Å². The molecule has 5 rings (SSSR count). The van der Waals surface area contributed by atoms with Gasteiger partial charge in [-0.05, 0) is 62.0 Å². The number of amides is 1. The Balaban J connectivity index is 1.37. The number of ether oxygens (including phenoxy) is 1. The van der Waals surface area contributed by atoms with Crippen LogP contribution in [-0.2, 0) is 4.74 Å². The first-order valence-corrected chi connectivity index (χ1v) is 13.9. The Morgan fingerprint density at radius 2 is 1.88 bits per heavy atom. The number of likely N-dealkylation sites (N-methyl/N-ethyl adjacent to an activating group) is 1.